The molecule has 2 fully saturated rings. The van der Waals surface area contributed by atoms with E-state index in [1.807, 2.05) is 12.1 Å². The smallest absolute Gasteiger partial charge is 0.320 e. The van der Waals surface area contributed by atoms with Crippen molar-refractivity contribution in [2.75, 3.05) is 196 Å². The summed E-state index contributed by atoms with van der Waals surface area (Å²) in [6.45, 7) is 4.10. The van der Waals surface area contributed by atoms with Crippen molar-refractivity contribution < 1.29 is 93.0 Å². The van der Waals surface area contributed by atoms with Gasteiger partial charge in [0.25, 0.3) is 0 Å². The molecule has 2 saturated heterocycles. The van der Waals surface area contributed by atoms with Crippen LogP contribution in [0.1, 0.15) is 18.4 Å². The van der Waals surface area contributed by atoms with E-state index in [1.54, 1.807) is 46.4 Å². The van der Waals surface area contributed by atoms with Crippen molar-refractivity contribution in [1.82, 2.24) is 44.9 Å². The highest BCUT2D eigenvalue weighted by molar-refractivity contribution is 7.80. The lowest BCUT2D eigenvalue weighted by Crippen LogP contribution is -2.53. The summed E-state index contributed by atoms with van der Waals surface area (Å²) in [6.07, 6.45) is 0.256. The Morgan fingerprint density at radius 1 is 0.494 bits per heavy atom. The molecule has 2 heterocycles. The monoisotopic (exact) mass is 1140 g/mol. The van der Waals surface area contributed by atoms with E-state index in [0.29, 0.717) is 76.5 Å². The Kier molecular flexibility index (Phi) is 33.1. The van der Waals surface area contributed by atoms with Crippen LogP contribution in [0.3, 0.4) is 0 Å². The second-order valence-corrected chi connectivity index (χ2v) is 19.2. The zero-order chi connectivity index (χ0) is 58.0. The molecule has 2 aliphatic rings. The maximum absolute atomic E-state index is 12.6. The Balaban J connectivity index is 1.30. The van der Waals surface area contributed by atoms with Crippen molar-refractivity contribution in [3.05, 3.63) is 29.8 Å². The van der Waals surface area contributed by atoms with Crippen LogP contribution < -0.4 is 16.0 Å². The number of ether oxygens (including phenoxy) is 4. The topological polar surface area (TPSA) is 374 Å². The number of carbonyl (C=O) groups is 8. The highest BCUT2D eigenvalue weighted by Crippen LogP contribution is 2.17. The highest BCUT2D eigenvalue weighted by atomic mass is 32.1. The average molecular weight is 1150 g/mol. The minimum atomic E-state index is -1.13. The van der Waals surface area contributed by atoms with E-state index < -0.39 is 53.9 Å². The summed E-state index contributed by atoms with van der Waals surface area (Å²) in [7, 11) is 0. The molecular formula is C49H80N10O19S. The Morgan fingerprint density at radius 2 is 0.873 bits per heavy atom. The van der Waals surface area contributed by atoms with Gasteiger partial charge in [0.05, 0.1) is 92.1 Å². The van der Waals surface area contributed by atoms with E-state index in [4.69, 9.17) is 31.2 Å². The minimum absolute atomic E-state index is 0.00320. The summed E-state index contributed by atoms with van der Waals surface area (Å²) in [4.78, 5) is 106. The number of aliphatic carboxylic acids is 7. The van der Waals surface area contributed by atoms with Gasteiger partial charge in [0.2, 0.25) is 5.91 Å². The van der Waals surface area contributed by atoms with Crippen LogP contribution in [0.15, 0.2) is 24.3 Å². The minimum Gasteiger partial charge on any atom is -0.480 e. The number of amides is 1. The van der Waals surface area contributed by atoms with Crippen molar-refractivity contribution >= 4 is 70.7 Å². The van der Waals surface area contributed by atoms with Crippen molar-refractivity contribution in [2.24, 2.45) is 0 Å². The molecule has 2 unspecified atom stereocenters. The molecule has 0 saturated carbocycles. The van der Waals surface area contributed by atoms with Crippen LogP contribution in [0, 0.1) is 0 Å². The van der Waals surface area contributed by atoms with E-state index in [1.165, 1.54) is 0 Å². The predicted octanol–water partition coefficient (Wildman–Crippen LogP) is -3.05. The molecule has 2 aliphatic heterocycles. The van der Waals surface area contributed by atoms with Crippen molar-refractivity contribution in [3.63, 3.8) is 0 Å². The molecule has 0 spiro atoms. The fourth-order valence-electron chi connectivity index (χ4n) is 8.78. The molecule has 0 aliphatic carbocycles. The third-order valence-corrected chi connectivity index (χ3v) is 12.9. The van der Waals surface area contributed by atoms with Crippen molar-refractivity contribution in [1.29, 1.82) is 0 Å². The number of nitrogens with one attached hydrogen (secondary N) is 3. The maximum Gasteiger partial charge on any atom is 0.320 e. The molecule has 0 radical (unpaired) electrons. The van der Waals surface area contributed by atoms with Gasteiger partial charge in [-0.15, -0.1) is 0 Å². The molecule has 1 aromatic rings. The third-order valence-electron chi connectivity index (χ3n) is 12.7. The fourth-order valence-corrected chi connectivity index (χ4v) is 9.00. The number of anilines is 1. The largest absolute Gasteiger partial charge is 0.480 e. The standard InChI is InChI=1S/C49H80N10O19S/c60-41(6-5-40(48(73)74)58-18-15-54(32-43(63)64)11-12-55(16-19-58)33-44(65)66)50-7-21-75-23-25-77-27-28-78-26-24-76-22-8-51-49(79)52-38-3-1-37(2-4-38)29-39-30-57(35-46(69)70)14-13-53(31-42(61)62)9-10-56(34-45(67)68)17-20-59(39)36-47(71)72/h1-4,39-40H,5-36H2,(H,50,60)(H,61,62)(H,63,64)(H,65,66)(H,67,68)(H,69,70)(H,71,72)(H,73,74)(H2,51,52,79). The molecule has 0 aromatic heterocycles. The highest BCUT2D eigenvalue weighted by Gasteiger charge is 2.30. The molecule has 29 nitrogen and oxygen atoms in total. The van der Waals surface area contributed by atoms with Crippen LogP contribution in [0.25, 0.3) is 0 Å². The zero-order valence-electron chi connectivity index (χ0n) is 44.7. The molecule has 10 N–H and O–H groups in total. The van der Waals surface area contributed by atoms with Crippen LogP contribution >= 0.6 is 12.2 Å². The molecule has 3 rings (SSSR count). The Bertz CT molecular complexity index is 2040. The van der Waals surface area contributed by atoms with Gasteiger partial charge in [-0.1, -0.05) is 12.1 Å². The van der Waals surface area contributed by atoms with E-state index >= 15 is 0 Å². The van der Waals surface area contributed by atoms with Gasteiger partial charge in [0, 0.05) is 116 Å². The third kappa shape index (κ3) is 31.6. The first-order valence-electron chi connectivity index (χ1n) is 26.1. The maximum atomic E-state index is 12.6. The Hall–Kier alpha value is -5.77. The number of carboxylic acids is 7. The van der Waals surface area contributed by atoms with Crippen LogP contribution in [-0.2, 0) is 63.7 Å². The second kappa shape index (κ2) is 38.8. The Labute approximate surface area is 464 Å². The number of benzene rings is 1. The van der Waals surface area contributed by atoms with Crippen LogP contribution in [-0.4, -0.2) is 325 Å². The number of nitrogens with zero attached hydrogens (tertiary/aromatic N) is 7. The van der Waals surface area contributed by atoms with Gasteiger partial charge in [-0.05, 0) is 42.8 Å². The number of hydrogen-bond acceptors (Lipinski definition) is 20. The summed E-state index contributed by atoms with van der Waals surface area (Å²) < 4.78 is 22.2. The summed E-state index contributed by atoms with van der Waals surface area (Å²) >= 11 is 5.45. The van der Waals surface area contributed by atoms with Gasteiger partial charge in [-0.3, -0.25) is 72.7 Å². The number of hydrogen-bond donors (Lipinski definition) is 10. The first kappa shape index (κ1) is 67.5. The summed E-state index contributed by atoms with van der Waals surface area (Å²) in [5.74, 6) is -7.92. The predicted molar refractivity (Wildman–Crippen MR) is 286 cm³/mol. The van der Waals surface area contributed by atoms with Gasteiger partial charge in [0.1, 0.15) is 6.04 Å². The average Bonchev–Trinajstić information content (AvgIpc) is 3.45. The SMILES string of the molecule is O=C(O)CN1CCN(CC(=O)O)CCN(CC(=O)O)C(Cc2ccc(NC(=S)NCCOCCOCCOCCOCCNC(=O)CCC(C(=O)O)N3CCN(CC(=O)O)CCN(CC(=O)O)CC3)cc2)CN(CC(=O)O)CC1. The molecule has 1 amide bonds. The van der Waals surface area contributed by atoms with E-state index in [9.17, 15) is 74.1 Å². The van der Waals surface area contributed by atoms with Gasteiger partial charge in [-0.2, -0.15) is 0 Å². The molecule has 0 bridgehead atoms. The van der Waals surface area contributed by atoms with Gasteiger partial charge in [-0.25, -0.2) is 0 Å². The second-order valence-electron chi connectivity index (χ2n) is 18.8. The molecule has 30 heteroatoms. The van der Waals surface area contributed by atoms with Gasteiger partial charge in [0.15, 0.2) is 5.11 Å². The normalized spacial score (nSPS) is 17.9. The number of carboxylic acid groups (broad SMARTS) is 7. The molecule has 2 atom stereocenters. The molecule has 1 aromatic carbocycles. The quantitative estimate of drug-likeness (QED) is 0.0238. The van der Waals surface area contributed by atoms with Crippen LogP contribution in [0.5, 0.6) is 0 Å². The molecular weight excluding hydrogens is 1060 g/mol. The first-order valence-corrected chi connectivity index (χ1v) is 26.5. The van der Waals surface area contributed by atoms with E-state index in [-0.39, 0.29) is 150 Å². The zero-order valence-corrected chi connectivity index (χ0v) is 45.5. The van der Waals surface area contributed by atoms with Gasteiger partial charge < -0.3 is 70.6 Å². The van der Waals surface area contributed by atoms with Crippen LogP contribution in [0.2, 0.25) is 0 Å². The van der Waals surface area contributed by atoms with Gasteiger partial charge >= 0.3 is 41.8 Å². The van der Waals surface area contributed by atoms with Crippen molar-refractivity contribution in [3.8, 4) is 0 Å². The first-order chi connectivity index (χ1) is 37.8. The summed E-state index contributed by atoms with van der Waals surface area (Å²) in [6, 6.07) is 5.76. The summed E-state index contributed by atoms with van der Waals surface area (Å²) in [5, 5.41) is 76.5. The van der Waals surface area contributed by atoms with E-state index in [2.05, 4.69) is 16.0 Å². The lowest BCUT2D eigenvalue weighted by atomic mass is 10.0. The lowest BCUT2D eigenvalue weighted by molar-refractivity contribution is -0.145. The number of carbonyl (C=O) groups excluding carboxylic acids is 1. The number of thiocarbonyl (C=S) groups is 1. The fraction of sp³-hybridized carbons (Fsp3) is 0.694. The number of rotatable bonds is 35. The molecule has 446 valence electrons. The lowest BCUT2D eigenvalue weighted by Gasteiger charge is -2.37. The molecule has 79 heavy (non-hydrogen) atoms. The summed E-state index contributed by atoms with van der Waals surface area (Å²) in [5.41, 5.74) is 1.50. The Morgan fingerprint density at radius 3 is 1.30 bits per heavy atom. The van der Waals surface area contributed by atoms with E-state index in [0.717, 1.165) is 5.56 Å². The van der Waals surface area contributed by atoms with Crippen LogP contribution in [0.4, 0.5) is 5.69 Å². The van der Waals surface area contributed by atoms with Crippen molar-refractivity contribution in [2.45, 2.75) is 31.3 Å².